The highest BCUT2D eigenvalue weighted by molar-refractivity contribution is 6.33. The Morgan fingerprint density at radius 1 is 1.50 bits per heavy atom. The molecular formula is C11H15ClN2O2. The predicted molar refractivity (Wildman–Crippen MR) is 64.7 cm³/mol. The first-order valence-corrected chi connectivity index (χ1v) is 5.32. The average molecular weight is 243 g/mol. The Labute approximate surface area is 99.8 Å². The zero-order valence-electron chi connectivity index (χ0n) is 8.93. The van der Waals surface area contributed by atoms with Gasteiger partial charge in [0.25, 0.3) is 0 Å². The average Bonchev–Trinajstić information content (AvgIpc) is 2.29. The summed E-state index contributed by atoms with van der Waals surface area (Å²) in [5, 5.41) is 18.3. The second-order valence-electron chi connectivity index (χ2n) is 3.27. The predicted octanol–water partition coefficient (Wildman–Crippen LogP) is 1.21. The molecule has 0 atom stereocenters. The van der Waals surface area contributed by atoms with Crippen molar-refractivity contribution in [2.75, 3.05) is 24.6 Å². The molecule has 0 unspecified atom stereocenters. The lowest BCUT2D eigenvalue weighted by Gasteiger charge is -2.22. The summed E-state index contributed by atoms with van der Waals surface area (Å²) in [6.07, 6.45) is 3.28. The van der Waals surface area contributed by atoms with Crippen LogP contribution in [0.25, 0.3) is 0 Å². The van der Waals surface area contributed by atoms with E-state index in [2.05, 4.69) is 11.6 Å². The lowest BCUT2D eigenvalue weighted by Crippen LogP contribution is -2.27. The van der Waals surface area contributed by atoms with E-state index in [-0.39, 0.29) is 13.2 Å². The van der Waals surface area contributed by atoms with Crippen molar-refractivity contribution in [3.05, 3.63) is 35.5 Å². The molecule has 0 aliphatic rings. The molecule has 0 aromatic carbocycles. The summed E-state index contributed by atoms with van der Waals surface area (Å²) in [5.41, 5.74) is 0.663. The van der Waals surface area contributed by atoms with E-state index in [1.54, 1.807) is 18.3 Å². The molecule has 2 N–H and O–H groups in total. The van der Waals surface area contributed by atoms with Crippen LogP contribution in [0.15, 0.2) is 24.9 Å². The molecule has 0 saturated carbocycles. The molecule has 1 aromatic rings. The second-order valence-corrected chi connectivity index (χ2v) is 3.67. The van der Waals surface area contributed by atoms with Gasteiger partial charge in [-0.25, -0.2) is 4.98 Å². The van der Waals surface area contributed by atoms with E-state index in [4.69, 9.17) is 21.8 Å². The number of pyridine rings is 1. The van der Waals surface area contributed by atoms with Gasteiger partial charge in [0.1, 0.15) is 5.82 Å². The molecule has 0 radical (unpaired) electrons. The van der Waals surface area contributed by atoms with Gasteiger partial charge in [-0.3, -0.25) is 0 Å². The van der Waals surface area contributed by atoms with Gasteiger partial charge in [-0.1, -0.05) is 17.7 Å². The first-order valence-electron chi connectivity index (χ1n) is 4.95. The number of aliphatic hydroxyl groups excluding tert-OH is 2. The van der Waals surface area contributed by atoms with Crippen molar-refractivity contribution in [3.63, 3.8) is 0 Å². The number of nitrogens with zero attached hydrogens (tertiary/aromatic N) is 2. The summed E-state index contributed by atoms with van der Waals surface area (Å²) < 4.78 is 0. The number of hydrogen-bond acceptors (Lipinski definition) is 4. The molecule has 0 amide bonds. The Bertz CT molecular complexity index is 358. The Balaban J connectivity index is 2.94. The zero-order chi connectivity index (χ0) is 12.0. The van der Waals surface area contributed by atoms with Gasteiger partial charge < -0.3 is 15.1 Å². The molecular weight excluding hydrogens is 228 g/mol. The van der Waals surface area contributed by atoms with Crippen LogP contribution in [0.5, 0.6) is 0 Å². The van der Waals surface area contributed by atoms with Crippen molar-refractivity contribution >= 4 is 17.4 Å². The second kappa shape index (κ2) is 6.48. The maximum Gasteiger partial charge on any atom is 0.147 e. The quantitative estimate of drug-likeness (QED) is 0.737. The molecule has 0 aliphatic carbocycles. The summed E-state index contributed by atoms with van der Waals surface area (Å²) in [4.78, 5) is 5.98. The van der Waals surface area contributed by atoms with Crippen LogP contribution in [0.3, 0.4) is 0 Å². The van der Waals surface area contributed by atoms with Gasteiger partial charge in [0, 0.05) is 19.3 Å². The van der Waals surface area contributed by atoms with E-state index in [9.17, 15) is 0 Å². The highest BCUT2D eigenvalue weighted by atomic mass is 35.5. The van der Waals surface area contributed by atoms with Crippen LogP contribution in [0.4, 0.5) is 5.82 Å². The van der Waals surface area contributed by atoms with Crippen molar-refractivity contribution in [1.29, 1.82) is 0 Å². The summed E-state index contributed by atoms with van der Waals surface area (Å²) >= 11 is 6.04. The fourth-order valence-corrected chi connectivity index (χ4v) is 1.66. The number of aliphatic hydroxyl groups is 2. The van der Waals surface area contributed by atoms with Crippen LogP contribution in [-0.4, -0.2) is 34.9 Å². The van der Waals surface area contributed by atoms with Gasteiger partial charge in [0.05, 0.1) is 18.2 Å². The number of anilines is 1. The Kier molecular flexibility index (Phi) is 5.25. The van der Waals surface area contributed by atoms with Gasteiger partial charge in [-0.15, -0.1) is 6.58 Å². The third kappa shape index (κ3) is 3.20. The monoisotopic (exact) mass is 242 g/mol. The molecule has 0 fully saturated rings. The first kappa shape index (κ1) is 13.0. The molecule has 0 bridgehead atoms. The Morgan fingerprint density at radius 3 is 2.75 bits per heavy atom. The standard InChI is InChI=1S/C11H15ClN2O2/c1-2-3-14(4-5-15)11-10(12)6-9(8-16)7-13-11/h2,6-7,15-16H,1,3-5,8H2. The summed E-state index contributed by atoms with van der Waals surface area (Å²) in [7, 11) is 0. The van der Waals surface area contributed by atoms with Gasteiger partial charge >= 0.3 is 0 Å². The van der Waals surface area contributed by atoms with Crippen LogP contribution < -0.4 is 4.90 Å². The minimum Gasteiger partial charge on any atom is -0.395 e. The lowest BCUT2D eigenvalue weighted by molar-refractivity contribution is 0.281. The fraction of sp³-hybridized carbons (Fsp3) is 0.364. The molecule has 0 aliphatic heterocycles. The number of halogens is 1. The third-order valence-electron chi connectivity index (χ3n) is 2.08. The highest BCUT2D eigenvalue weighted by Gasteiger charge is 2.10. The Hall–Kier alpha value is -1.10. The molecule has 1 heterocycles. The summed E-state index contributed by atoms with van der Waals surface area (Å²) in [6.45, 7) is 4.57. The smallest absolute Gasteiger partial charge is 0.147 e. The lowest BCUT2D eigenvalue weighted by atomic mass is 10.3. The zero-order valence-corrected chi connectivity index (χ0v) is 9.69. The molecule has 4 nitrogen and oxygen atoms in total. The van der Waals surface area contributed by atoms with Gasteiger partial charge in [0.2, 0.25) is 0 Å². The molecule has 88 valence electrons. The van der Waals surface area contributed by atoms with E-state index in [0.717, 1.165) is 0 Å². The van der Waals surface area contributed by atoms with Crippen LogP contribution in [0.2, 0.25) is 5.02 Å². The maximum atomic E-state index is 8.93. The van der Waals surface area contributed by atoms with E-state index >= 15 is 0 Å². The van der Waals surface area contributed by atoms with Crippen molar-refractivity contribution in [2.45, 2.75) is 6.61 Å². The van der Waals surface area contributed by atoms with Gasteiger partial charge in [0.15, 0.2) is 0 Å². The molecule has 16 heavy (non-hydrogen) atoms. The van der Waals surface area contributed by atoms with Gasteiger partial charge in [-0.05, 0) is 11.6 Å². The van der Waals surface area contributed by atoms with Crippen LogP contribution in [0.1, 0.15) is 5.56 Å². The number of hydrogen-bond donors (Lipinski definition) is 2. The fourth-order valence-electron chi connectivity index (χ4n) is 1.35. The van der Waals surface area contributed by atoms with Crippen LogP contribution >= 0.6 is 11.6 Å². The number of aromatic nitrogens is 1. The molecule has 0 saturated heterocycles. The van der Waals surface area contributed by atoms with Gasteiger partial charge in [-0.2, -0.15) is 0 Å². The van der Waals surface area contributed by atoms with Crippen molar-refractivity contribution in [3.8, 4) is 0 Å². The van der Waals surface area contributed by atoms with E-state index < -0.39 is 0 Å². The minimum atomic E-state index is -0.0888. The maximum absolute atomic E-state index is 8.93. The minimum absolute atomic E-state index is 0.0214. The highest BCUT2D eigenvalue weighted by Crippen LogP contribution is 2.23. The SMILES string of the molecule is C=CCN(CCO)c1ncc(CO)cc1Cl. The van der Waals surface area contributed by atoms with E-state index in [1.165, 1.54) is 0 Å². The molecule has 0 spiro atoms. The molecule has 1 aromatic heterocycles. The van der Waals surface area contributed by atoms with Crippen molar-refractivity contribution in [1.82, 2.24) is 4.98 Å². The van der Waals surface area contributed by atoms with E-state index in [1.807, 2.05) is 4.90 Å². The first-order chi connectivity index (χ1) is 7.72. The summed E-state index contributed by atoms with van der Waals surface area (Å²) in [5.74, 6) is 0.591. The van der Waals surface area contributed by atoms with Crippen LogP contribution in [-0.2, 0) is 6.61 Å². The number of rotatable bonds is 6. The molecule has 5 heteroatoms. The van der Waals surface area contributed by atoms with Crippen LogP contribution in [0, 0.1) is 0 Å². The van der Waals surface area contributed by atoms with E-state index in [0.29, 0.717) is 29.5 Å². The third-order valence-corrected chi connectivity index (χ3v) is 2.36. The normalized spacial score (nSPS) is 10.2. The van der Waals surface area contributed by atoms with Crippen molar-refractivity contribution in [2.24, 2.45) is 0 Å². The molecule has 1 rings (SSSR count). The topological polar surface area (TPSA) is 56.6 Å². The Morgan fingerprint density at radius 2 is 2.25 bits per heavy atom. The summed E-state index contributed by atoms with van der Waals surface area (Å²) in [6, 6.07) is 1.66. The van der Waals surface area contributed by atoms with Crippen molar-refractivity contribution < 1.29 is 10.2 Å². The largest absolute Gasteiger partial charge is 0.395 e.